The van der Waals surface area contributed by atoms with Gasteiger partial charge in [-0.2, -0.15) is 0 Å². The van der Waals surface area contributed by atoms with Gasteiger partial charge in [-0.25, -0.2) is 0 Å². The Kier molecular flexibility index (Phi) is 3.08. The SMILES string of the molecule is O=COCC1CC1(c1ccccc1)c1ccccc1. The van der Waals surface area contributed by atoms with Crippen LogP contribution in [0.25, 0.3) is 0 Å². The Labute approximate surface area is 113 Å². The van der Waals surface area contributed by atoms with Crippen LogP contribution in [0.15, 0.2) is 60.7 Å². The first-order valence-electron chi connectivity index (χ1n) is 6.54. The maximum absolute atomic E-state index is 10.4. The van der Waals surface area contributed by atoms with Gasteiger partial charge in [0.25, 0.3) is 6.47 Å². The highest BCUT2D eigenvalue weighted by molar-refractivity contribution is 5.47. The molecule has 1 atom stereocenters. The van der Waals surface area contributed by atoms with Crippen LogP contribution in [0.4, 0.5) is 0 Å². The van der Waals surface area contributed by atoms with Crippen LogP contribution in [-0.4, -0.2) is 13.1 Å². The largest absolute Gasteiger partial charge is 0.468 e. The molecule has 0 aromatic heterocycles. The molecule has 2 aromatic carbocycles. The van der Waals surface area contributed by atoms with Crippen LogP contribution < -0.4 is 0 Å². The molecule has 0 saturated heterocycles. The molecule has 0 heterocycles. The van der Waals surface area contributed by atoms with Crippen molar-refractivity contribution in [1.82, 2.24) is 0 Å². The summed E-state index contributed by atoms with van der Waals surface area (Å²) >= 11 is 0. The Morgan fingerprint density at radius 1 is 1.00 bits per heavy atom. The normalized spacial score (nSPS) is 19.7. The summed E-state index contributed by atoms with van der Waals surface area (Å²) in [6, 6.07) is 21.0. The van der Waals surface area contributed by atoms with E-state index in [1.165, 1.54) is 11.1 Å². The predicted octanol–water partition coefficient (Wildman–Crippen LogP) is 3.17. The van der Waals surface area contributed by atoms with Crippen LogP contribution in [0.1, 0.15) is 17.5 Å². The number of hydrogen-bond donors (Lipinski definition) is 0. The van der Waals surface area contributed by atoms with Crippen LogP contribution in [0, 0.1) is 5.92 Å². The summed E-state index contributed by atoms with van der Waals surface area (Å²) in [5, 5.41) is 0. The first kappa shape index (κ1) is 12.0. The molecule has 2 heteroatoms. The Bertz CT molecular complexity index is 508. The fourth-order valence-electron chi connectivity index (χ4n) is 3.03. The van der Waals surface area contributed by atoms with Crippen molar-refractivity contribution in [3.8, 4) is 0 Å². The molecule has 2 aromatic rings. The minimum Gasteiger partial charge on any atom is -0.468 e. The predicted molar refractivity (Wildman–Crippen MR) is 73.8 cm³/mol. The van der Waals surface area contributed by atoms with Gasteiger partial charge in [-0.3, -0.25) is 4.79 Å². The molecule has 19 heavy (non-hydrogen) atoms. The fraction of sp³-hybridized carbons (Fsp3) is 0.235. The molecular formula is C17H16O2. The molecule has 2 nitrogen and oxygen atoms in total. The van der Waals surface area contributed by atoms with E-state index >= 15 is 0 Å². The molecule has 1 fully saturated rings. The van der Waals surface area contributed by atoms with Crippen LogP contribution in [-0.2, 0) is 14.9 Å². The van der Waals surface area contributed by atoms with Crippen LogP contribution in [0.3, 0.4) is 0 Å². The highest BCUT2D eigenvalue weighted by Crippen LogP contribution is 2.58. The topological polar surface area (TPSA) is 26.3 Å². The van der Waals surface area contributed by atoms with E-state index in [4.69, 9.17) is 4.74 Å². The average molecular weight is 252 g/mol. The van der Waals surface area contributed by atoms with Gasteiger partial charge >= 0.3 is 0 Å². The highest BCUT2D eigenvalue weighted by atomic mass is 16.5. The van der Waals surface area contributed by atoms with Gasteiger partial charge in [0.2, 0.25) is 0 Å². The van der Waals surface area contributed by atoms with Crippen molar-refractivity contribution in [3.63, 3.8) is 0 Å². The lowest BCUT2D eigenvalue weighted by Gasteiger charge is -2.18. The standard InChI is InChI=1S/C17H16O2/c18-13-19-12-16-11-17(16,14-7-3-1-4-8-14)15-9-5-2-6-10-15/h1-10,13,16H,11-12H2. The third-order valence-electron chi connectivity index (χ3n) is 4.05. The second-order valence-corrected chi connectivity index (χ2v) is 5.03. The van der Waals surface area contributed by atoms with Crippen molar-refractivity contribution in [3.05, 3.63) is 71.8 Å². The summed E-state index contributed by atoms with van der Waals surface area (Å²) in [4.78, 5) is 10.4. The Morgan fingerprint density at radius 2 is 1.53 bits per heavy atom. The molecule has 0 amide bonds. The van der Waals surface area contributed by atoms with E-state index < -0.39 is 0 Å². The van der Waals surface area contributed by atoms with Crippen molar-refractivity contribution in [2.75, 3.05) is 6.61 Å². The number of carbonyl (C=O) groups is 1. The zero-order valence-electron chi connectivity index (χ0n) is 10.7. The third-order valence-corrected chi connectivity index (χ3v) is 4.05. The fourth-order valence-corrected chi connectivity index (χ4v) is 3.03. The van der Waals surface area contributed by atoms with Crippen LogP contribution in [0.2, 0.25) is 0 Å². The van der Waals surface area contributed by atoms with Gasteiger partial charge in [-0.1, -0.05) is 60.7 Å². The molecule has 0 spiro atoms. The first-order valence-corrected chi connectivity index (χ1v) is 6.54. The third kappa shape index (κ3) is 2.03. The van der Waals surface area contributed by atoms with E-state index in [1.807, 2.05) is 12.1 Å². The van der Waals surface area contributed by atoms with Gasteiger partial charge in [0.1, 0.15) is 0 Å². The highest BCUT2D eigenvalue weighted by Gasteiger charge is 2.56. The molecule has 1 aliphatic rings. The first-order chi connectivity index (χ1) is 9.38. The second-order valence-electron chi connectivity index (χ2n) is 5.03. The van der Waals surface area contributed by atoms with Gasteiger partial charge in [0.05, 0.1) is 6.61 Å². The zero-order valence-corrected chi connectivity index (χ0v) is 10.7. The number of rotatable bonds is 5. The Morgan fingerprint density at radius 3 is 2.00 bits per heavy atom. The van der Waals surface area contributed by atoms with Gasteiger partial charge in [-0.05, 0) is 17.5 Å². The summed E-state index contributed by atoms with van der Waals surface area (Å²) in [5.74, 6) is 0.377. The maximum Gasteiger partial charge on any atom is 0.293 e. The van der Waals surface area contributed by atoms with Crippen molar-refractivity contribution < 1.29 is 9.53 Å². The van der Waals surface area contributed by atoms with Gasteiger partial charge < -0.3 is 4.74 Å². The molecule has 0 N–H and O–H groups in total. The lowest BCUT2D eigenvalue weighted by molar-refractivity contribution is -0.129. The van der Waals surface area contributed by atoms with Crippen molar-refractivity contribution in [1.29, 1.82) is 0 Å². The summed E-state index contributed by atoms with van der Waals surface area (Å²) in [6.07, 6.45) is 1.04. The van der Waals surface area contributed by atoms with E-state index in [0.717, 1.165) is 6.42 Å². The van der Waals surface area contributed by atoms with E-state index in [0.29, 0.717) is 19.0 Å². The minimum atomic E-state index is 0.0194. The maximum atomic E-state index is 10.4. The van der Waals surface area contributed by atoms with E-state index in [1.54, 1.807) is 0 Å². The molecule has 0 radical (unpaired) electrons. The minimum absolute atomic E-state index is 0.0194. The quantitative estimate of drug-likeness (QED) is 0.764. The lowest BCUT2D eigenvalue weighted by Crippen LogP contribution is -2.14. The lowest BCUT2D eigenvalue weighted by atomic mass is 9.86. The summed E-state index contributed by atoms with van der Waals surface area (Å²) in [7, 11) is 0. The molecular weight excluding hydrogens is 236 g/mol. The van der Waals surface area contributed by atoms with Crippen LogP contribution >= 0.6 is 0 Å². The van der Waals surface area contributed by atoms with E-state index in [2.05, 4.69) is 48.5 Å². The van der Waals surface area contributed by atoms with Crippen molar-refractivity contribution >= 4 is 6.47 Å². The smallest absolute Gasteiger partial charge is 0.293 e. The molecule has 0 bridgehead atoms. The molecule has 3 rings (SSSR count). The average Bonchev–Trinajstić information content (AvgIpc) is 3.23. The number of ether oxygens (including phenoxy) is 1. The van der Waals surface area contributed by atoms with Crippen molar-refractivity contribution in [2.24, 2.45) is 5.92 Å². The molecule has 1 saturated carbocycles. The van der Waals surface area contributed by atoms with Gasteiger partial charge in [0, 0.05) is 11.3 Å². The number of benzene rings is 2. The molecule has 0 aliphatic heterocycles. The molecule has 1 aliphatic carbocycles. The summed E-state index contributed by atoms with van der Waals surface area (Å²) in [6.45, 7) is 1.03. The van der Waals surface area contributed by atoms with Crippen molar-refractivity contribution in [2.45, 2.75) is 11.8 Å². The van der Waals surface area contributed by atoms with Gasteiger partial charge in [-0.15, -0.1) is 0 Å². The van der Waals surface area contributed by atoms with Gasteiger partial charge in [0.15, 0.2) is 0 Å². The zero-order chi connectivity index (χ0) is 13.1. The second kappa shape index (κ2) is 4.88. The Hall–Kier alpha value is -2.09. The van der Waals surface area contributed by atoms with Crippen LogP contribution in [0.5, 0.6) is 0 Å². The van der Waals surface area contributed by atoms with E-state index in [9.17, 15) is 4.79 Å². The van der Waals surface area contributed by atoms with E-state index in [-0.39, 0.29) is 5.41 Å². The summed E-state index contributed by atoms with van der Waals surface area (Å²) in [5.41, 5.74) is 2.63. The molecule has 1 unspecified atom stereocenters. The number of hydrogen-bond acceptors (Lipinski definition) is 2. The Balaban J connectivity index is 1.97. The number of carbonyl (C=O) groups excluding carboxylic acids is 1. The summed E-state index contributed by atoms with van der Waals surface area (Å²) < 4.78 is 4.98. The molecule has 96 valence electrons. The monoisotopic (exact) mass is 252 g/mol.